The van der Waals surface area contributed by atoms with Crippen molar-refractivity contribution in [2.75, 3.05) is 7.05 Å². The average Bonchev–Trinajstić information content (AvgIpc) is 1.88. The Morgan fingerprint density at radius 3 is 2.90 bits per heavy atom. The predicted molar refractivity (Wildman–Crippen MR) is 39.6 cm³/mol. The quantitative estimate of drug-likeness (QED) is 0.522. The second-order valence-corrected chi connectivity index (χ2v) is 2.47. The summed E-state index contributed by atoms with van der Waals surface area (Å²) in [5.41, 5.74) is 0. The van der Waals surface area contributed by atoms with Crippen LogP contribution in [0.4, 0.5) is 0 Å². The Hall–Kier alpha value is -0.830. The molecule has 0 spiro atoms. The van der Waals surface area contributed by atoms with E-state index in [0.29, 0.717) is 0 Å². The molecular formula is C7H12N2O. The minimum absolute atomic E-state index is 0.000926. The maximum Gasteiger partial charge on any atom is 0.243 e. The highest BCUT2D eigenvalue weighted by Gasteiger charge is 2.17. The van der Waals surface area contributed by atoms with Crippen LogP contribution >= 0.6 is 0 Å². The van der Waals surface area contributed by atoms with E-state index in [4.69, 9.17) is 0 Å². The lowest BCUT2D eigenvalue weighted by molar-refractivity contribution is -0.117. The van der Waals surface area contributed by atoms with Crippen LogP contribution in [0.15, 0.2) is 12.2 Å². The third kappa shape index (κ3) is 1.36. The standard InChI is InChI=1S/C7H12N2O/c1-5-6(8-2)3-4-7(10)9-5/h3-6,8H,1-2H3,(H,9,10). The van der Waals surface area contributed by atoms with Crippen LogP contribution in [0.2, 0.25) is 0 Å². The van der Waals surface area contributed by atoms with Gasteiger partial charge in [0.05, 0.1) is 0 Å². The molecule has 1 aliphatic rings. The minimum Gasteiger partial charge on any atom is -0.348 e. The van der Waals surface area contributed by atoms with Crippen molar-refractivity contribution >= 4 is 5.91 Å². The predicted octanol–water partition coefficient (Wildman–Crippen LogP) is -0.351. The molecule has 0 saturated carbocycles. The summed E-state index contributed by atoms with van der Waals surface area (Å²) in [7, 11) is 1.88. The van der Waals surface area contributed by atoms with E-state index in [1.54, 1.807) is 6.08 Å². The Kier molecular flexibility index (Phi) is 2.06. The lowest BCUT2D eigenvalue weighted by Crippen LogP contribution is -2.48. The number of nitrogens with one attached hydrogen (secondary N) is 2. The van der Waals surface area contributed by atoms with Crippen molar-refractivity contribution in [3.8, 4) is 0 Å². The Morgan fingerprint density at radius 2 is 2.40 bits per heavy atom. The number of hydrogen-bond acceptors (Lipinski definition) is 2. The van der Waals surface area contributed by atoms with Gasteiger partial charge in [-0.2, -0.15) is 0 Å². The molecule has 0 bridgehead atoms. The van der Waals surface area contributed by atoms with Crippen LogP contribution in [0.1, 0.15) is 6.92 Å². The van der Waals surface area contributed by atoms with Crippen molar-refractivity contribution in [3.63, 3.8) is 0 Å². The molecule has 2 N–H and O–H groups in total. The highest BCUT2D eigenvalue weighted by Crippen LogP contribution is 1.99. The van der Waals surface area contributed by atoms with Crippen molar-refractivity contribution in [2.24, 2.45) is 0 Å². The number of hydrogen-bond donors (Lipinski definition) is 2. The van der Waals surface area contributed by atoms with Crippen LogP contribution in [-0.2, 0) is 4.79 Å². The van der Waals surface area contributed by atoms with Crippen LogP contribution in [0.3, 0.4) is 0 Å². The second kappa shape index (κ2) is 2.84. The van der Waals surface area contributed by atoms with Crippen LogP contribution in [0.5, 0.6) is 0 Å². The summed E-state index contributed by atoms with van der Waals surface area (Å²) >= 11 is 0. The Labute approximate surface area is 60.5 Å². The largest absolute Gasteiger partial charge is 0.348 e. The maximum absolute atomic E-state index is 10.7. The van der Waals surface area contributed by atoms with Gasteiger partial charge in [0.25, 0.3) is 0 Å². The van der Waals surface area contributed by atoms with E-state index in [2.05, 4.69) is 10.6 Å². The van der Waals surface area contributed by atoms with E-state index < -0.39 is 0 Å². The van der Waals surface area contributed by atoms with Crippen LogP contribution in [0.25, 0.3) is 0 Å². The van der Waals surface area contributed by atoms with Crippen LogP contribution in [0, 0.1) is 0 Å². The molecule has 0 saturated heterocycles. The molecular weight excluding hydrogens is 128 g/mol. The average molecular weight is 140 g/mol. The van der Waals surface area contributed by atoms with Crippen molar-refractivity contribution in [2.45, 2.75) is 19.0 Å². The SMILES string of the molecule is CNC1C=CC(=O)NC1C. The zero-order chi connectivity index (χ0) is 7.56. The molecule has 2 unspecified atom stereocenters. The third-order valence-corrected chi connectivity index (χ3v) is 1.70. The number of rotatable bonds is 1. The van der Waals surface area contributed by atoms with E-state index >= 15 is 0 Å². The third-order valence-electron chi connectivity index (χ3n) is 1.70. The zero-order valence-electron chi connectivity index (χ0n) is 6.22. The van der Waals surface area contributed by atoms with Gasteiger partial charge in [-0.25, -0.2) is 0 Å². The van der Waals surface area contributed by atoms with Gasteiger partial charge in [0.2, 0.25) is 5.91 Å². The summed E-state index contributed by atoms with van der Waals surface area (Å²) in [5, 5.41) is 5.86. The molecule has 3 heteroatoms. The molecule has 56 valence electrons. The highest BCUT2D eigenvalue weighted by molar-refractivity contribution is 5.88. The lowest BCUT2D eigenvalue weighted by Gasteiger charge is -2.24. The molecule has 1 aliphatic heterocycles. The fraction of sp³-hybridized carbons (Fsp3) is 0.571. The van der Waals surface area contributed by atoms with Crippen molar-refractivity contribution < 1.29 is 4.79 Å². The minimum atomic E-state index is -0.000926. The summed E-state index contributed by atoms with van der Waals surface area (Å²) in [5.74, 6) is -0.000926. The van der Waals surface area contributed by atoms with E-state index in [1.807, 2.05) is 20.0 Å². The molecule has 2 atom stereocenters. The smallest absolute Gasteiger partial charge is 0.243 e. The van der Waals surface area contributed by atoms with Gasteiger partial charge < -0.3 is 10.6 Å². The molecule has 3 nitrogen and oxygen atoms in total. The molecule has 0 aromatic heterocycles. The molecule has 0 fully saturated rings. The normalized spacial score (nSPS) is 32.0. The van der Waals surface area contributed by atoms with Crippen molar-refractivity contribution in [1.29, 1.82) is 0 Å². The molecule has 1 rings (SSSR count). The Bertz CT molecular complexity index is 165. The number of amides is 1. The van der Waals surface area contributed by atoms with Gasteiger partial charge >= 0.3 is 0 Å². The molecule has 1 heterocycles. The number of likely N-dealkylation sites (N-methyl/N-ethyl adjacent to an activating group) is 1. The van der Waals surface area contributed by atoms with E-state index in [-0.39, 0.29) is 18.0 Å². The van der Waals surface area contributed by atoms with E-state index in [9.17, 15) is 4.79 Å². The Balaban J connectivity index is 2.62. The fourth-order valence-corrected chi connectivity index (χ4v) is 1.07. The van der Waals surface area contributed by atoms with Crippen LogP contribution < -0.4 is 10.6 Å². The molecule has 0 aliphatic carbocycles. The van der Waals surface area contributed by atoms with E-state index in [1.165, 1.54) is 0 Å². The fourth-order valence-electron chi connectivity index (χ4n) is 1.07. The molecule has 0 aromatic carbocycles. The van der Waals surface area contributed by atoms with Gasteiger partial charge in [0.15, 0.2) is 0 Å². The summed E-state index contributed by atoms with van der Waals surface area (Å²) in [6.07, 6.45) is 3.44. The summed E-state index contributed by atoms with van der Waals surface area (Å²) in [6, 6.07) is 0.472. The van der Waals surface area contributed by atoms with Crippen molar-refractivity contribution in [3.05, 3.63) is 12.2 Å². The summed E-state index contributed by atoms with van der Waals surface area (Å²) < 4.78 is 0. The summed E-state index contributed by atoms with van der Waals surface area (Å²) in [4.78, 5) is 10.7. The first-order valence-corrected chi connectivity index (χ1v) is 3.40. The second-order valence-electron chi connectivity index (χ2n) is 2.47. The Morgan fingerprint density at radius 1 is 1.70 bits per heavy atom. The number of carbonyl (C=O) groups excluding carboxylic acids is 1. The van der Waals surface area contributed by atoms with Gasteiger partial charge in [-0.3, -0.25) is 4.79 Å². The van der Waals surface area contributed by atoms with Gasteiger partial charge in [0.1, 0.15) is 0 Å². The monoisotopic (exact) mass is 140 g/mol. The molecule has 0 aromatic rings. The maximum atomic E-state index is 10.7. The first kappa shape index (κ1) is 7.28. The first-order chi connectivity index (χ1) is 4.74. The summed E-state index contributed by atoms with van der Waals surface area (Å²) in [6.45, 7) is 1.97. The highest BCUT2D eigenvalue weighted by atomic mass is 16.1. The number of carbonyl (C=O) groups is 1. The lowest BCUT2D eigenvalue weighted by atomic mass is 10.1. The first-order valence-electron chi connectivity index (χ1n) is 3.40. The topological polar surface area (TPSA) is 41.1 Å². The zero-order valence-corrected chi connectivity index (χ0v) is 6.22. The molecule has 0 radical (unpaired) electrons. The molecule has 1 amide bonds. The van der Waals surface area contributed by atoms with Gasteiger partial charge in [-0.15, -0.1) is 0 Å². The molecule has 10 heavy (non-hydrogen) atoms. The van der Waals surface area contributed by atoms with Crippen LogP contribution in [-0.4, -0.2) is 25.0 Å². The van der Waals surface area contributed by atoms with Gasteiger partial charge in [-0.05, 0) is 14.0 Å². The van der Waals surface area contributed by atoms with Gasteiger partial charge in [-0.1, -0.05) is 6.08 Å². The van der Waals surface area contributed by atoms with Crippen molar-refractivity contribution in [1.82, 2.24) is 10.6 Å². The van der Waals surface area contributed by atoms with Gasteiger partial charge in [0, 0.05) is 18.2 Å². The van der Waals surface area contributed by atoms with E-state index in [0.717, 1.165) is 0 Å².